The van der Waals surface area contributed by atoms with E-state index < -0.39 is 0 Å². The van der Waals surface area contributed by atoms with Gasteiger partial charge in [0.05, 0.1) is 22.2 Å². The molecule has 160 valence electrons. The van der Waals surface area contributed by atoms with E-state index in [9.17, 15) is 4.79 Å². The Labute approximate surface area is 175 Å². The van der Waals surface area contributed by atoms with E-state index in [1.807, 2.05) is 17.7 Å². The Balaban J connectivity index is 1.94. The normalized spacial score (nSPS) is 17.1. The van der Waals surface area contributed by atoms with Crippen LogP contribution in [0.15, 0.2) is 6.07 Å². The summed E-state index contributed by atoms with van der Waals surface area (Å²) in [6, 6.07) is 2.06. The summed E-state index contributed by atoms with van der Waals surface area (Å²) in [7, 11) is 0. The van der Waals surface area contributed by atoms with Crippen LogP contribution in [0.5, 0.6) is 0 Å². The fraction of sp³-hybridized carbons (Fsp3) is 0.696. The Kier molecular flexibility index (Phi) is 6.32. The van der Waals surface area contributed by atoms with Crippen molar-refractivity contribution in [2.75, 3.05) is 19.6 Å². The third-order valence-electron chi connectivity index (χ3n) is 5.66. The molecular formula is C23H37N5O. The van der Waals surface area contributed by atoms with Crippen molar-refractivity contribution in [2.45, 2.75) is 85.2 Å². The summed E-state index contributed by atoms with van der Waals surface area (Å²) in [5.41, 5.74) is 3.07. The molecule has 2 aromatic heterocycles. The van der Waals surface area contributed by atoms with Gasteiger partial charge in [-0.05, 0) is 72.5 Å². The molecule has 6 nitrogen and oxygen atoms in total. The van der Waals surface area contributed by atoms with Crippen molar-refractivity contribution in [1.29, 1.82) is 0 Å². The Hall–Kier alpha value is -1.95. The predicted octanol–water partition coefficient (Wildman–Crippen LogP) is 4.22. The number of hydrogen-bond acceptors (Lipinski definition) is 4. The fourth-order valence-corrected chi connectivity index (χ4v) is 4.13. The third-order valence-corrected chi connectivity index (χ3v) is 5.66. The number of piperidine rings is 1. The Morgan fingerprint density at radius 2 is 1.83 bits per heavy atom. The van der Waals surface area contributed by atoms with Crippen molar-refractivity contribution in [3.05, 3.63) is 23.0 Å². The zero-order valence-corrected chi connectivity index (χ0v) is 19.2. The van der Waals surface area contributed by atoms with Gasteiger partial charge in [0.25, 0.3) is 5.91 Å². The molecule has 1 aliphatic rings. The summed E-state index contributed by atoms with van der Waals surface area (Å²) in [4.78, 5) is 20.6. The lowest BCUT2D eigenvalue weighted by atomic mass is 10.0. The van der Waals surface area contributed by atoms with Crippen molar-refractivity contribution >= 4 is 16.9 Å². The standard InChI is InChI=1S/C23H37N5O/c1-15(2)19-13-18(20-17(4)26-28(21(20)25-19)23(5,6)7)22(29)24-16(3)14-27-11-9-8-10-12-27/h13,15-16H,8-12,14H2,1-7H3,(H,24,29). The average Bonchev–Trinajstić information content (AvgIpc) is 2.98. The van der Waals surface area contributed by atoms with E-state index in [1.54, 1.807) is 0 Å². The molecule has 1 saturated heterocycles. The van der Waals surface area contributed by atoms with Crippen LogP contribution >= 0.6 is 0 Å². The second-order valence-electron chi connectivity index (χ2n) is 9.85. The van der Waals surface area contributed by atoms with Crippen molar-refractivity contribution in [2.24, 2.45) is 0 Å². The van der Waals surface area contributed by atoms with E-state index in [1.165, 1.54) is 19.3 Å². The first kappa shape index (κ1) is 21.8. The number of amides is 1. The Morgan fingerprint density at radius 3 is 2.41 bits per heavy atom. The second kappa shape index (κ2) is 8.42. The number of aromatic nitrogens is 3. The zero-order valence-electron chi connectivity index (χ0n) is 19.2. The number of carbonyl (C=O) groups is 1. The van der Waals surface area contributed by atoms with Crippen molar-refractivity contribution in [3.63, 3.8) is 0 Å². The van der Waals surface area contributed by atoms with Crippen LogP contribution in [-0.2, 0) is 5.54 Å². The first-order valence-corrected chi connectivity index (χ1v) is 11.0. The number of nitrogens with one attached hydrogen (secondary N) is 1. The molecule has 1 atom stereocenters. The highest BCUT2D eigenvalue weighted by Crippen LogP contribution is 2.29. The van der Waals surface area contributed by atoms with Crippen LogP contribution in [0.1, 0.15) is 88.5 Å². The maximum atomic E-state index is 13.3. The highest BCUT2D eigenvalue weighted by atomic mass is 16.1. The van der Waals surface area contributed by atoms with Gasteiger partial charge >= 0.3 is 0 Å². The zero-order chi connectivity index (χ0) is 21.3. The van der Waals surface area contributed by atoms with E-state index in [0.29, 0.717) is 5.56 Å². The lowest BCUT2D eigenvalue weighted by molar-refractivity contribution is 0.0927. The SMILES string of the molecule is Cc1nn(C(C)(C)C)c2nc(C(C)C)cc(C(=O)NC(C)CN3CCCCC3)c12. The molecule has 3 rings (SSSR count). The van der Waals surface area contributed by atoms with Crippen LogP contribution in [0.25, 0.3) is 11.0 Å². The fourth-order valence-electron chi connectivity index (χ4n) is 4.13. The first-order chi connectivity index (χ1) is 13.6. The van der Waals surface area contributed by atoms with Crippen LogP contribution in [0.2, 0.25) is 0 Å². The van der Waals surface area contributed by atoms with Crippen LogP contribution in [-0.4, -0.2) is 51.2 Å². The number of pyridine rings is 1. The molecule has 0 bridgehead atoms. The van der Waals surface area contributed by atoms with E-state index in [2.05, 4.69) is 51.8 Å². The smallest absolute Gasteiger partial charge is 0.252 e. The highest BCUT2D eigenvalue weighted by molar-refractivity contribution is 6.06. The minimum Gasteiger partial charge on any atom is -0.348 e. The molecule has 0 spiro atoms. The Morgan fingerprint density at radius 1 is 1.17 bits per heavy atom. The monoisotopic (exact) mass is 399 g/mol. The van der Waals surface area contributed by atoms with Crippen LogP contribution in [0.4, 0.5) is 0 Å². The summed E-state index contributed by atoms with van der Waals surface area (Å²) >= 11 is 0. The Bertz CT molecular complexity index is 872. The van der Waals surface area contributed by atoms with E-state index >= 15 is 0 Å². The largest absolute Gasteiger partial charge is 0.348 e. The first-order valence-electron chi connectivity index (χ1n) is 11.0. The van der Waals surface area contributed by atoms with E-state index in [-0.39, 0.29) is 23.4 Å². The maximum Gasteiger partial charge on any atom is 0.252 e. The third kappa shape index (κ3) is 4.80. The minimum absolute atomic E-state index is 0.0274. The summed E-state index contributed by atoms with van der Waals surface area (Å²) in [6.45, 7) is 17.8. The molecular weight excluding hydrogens is 362 g/mol. The van der Waals surface area contributed by atoms with Gasteiger partial charge in [-0.1, -0.05) is 20.3 Å². The van der Waals surface area contributed by atoms with Crippen LogP contribution < -0.4 is 5.32 Å². The number of nitrogens with zero attached hydrogens (tertiary/aromatic N) is 4. The molecule has 2 aromatic rings. The molecule has 1 unspecified atom stereocenters. The lowest BCUT2D eigenvalue weighted by Crippen LogP contribution is -2.43. The molecule has 29 heavy (non-hydrogen) atoms. The molecule has 1 amide bonds. The van der Waals surface area contributed by atoms with E-state index in [4.69, 9.17) is 10.1 Å². The number of hydrogen-bond donors (Lipinski definition) is 1. The van der Waals surface area contributed by atoms with Gasteiger partial charge in [0.1, 0.15) is 0 Å². The van der Waals surface area contributed by atoms with Gasteiger partial charge in [0.15, 0.2) is 5.65 Å². The lowest BCUT2D eigenvalue weighted by Gasteiger charge is -2.29. The second-order valence-corrected chi connectivity index (χ2v) is 9.85. The number of rotatable bonds is 5. The van der Waals surface area contributed by atoms with Gasteiger partial charge in [-0.15, -0.1) is 0 Å². The van der Waals surface area contributed by atoms with Crippen LogP contribution in [0, 0.1) is 6.92 Å². The molecule has 0 radical (unpaired) electrons. The summed E-state index contributed by atoms with van der Waals surface area (Å²) < 4.78 is 1.96. The number of likely N-dealkylation sites (tertiary alicyclic amines) is 1. The molecule has 0 aromatic carbocycles. The summed E-state index contributed by atoms with van der Waals surface area (Å²) in [5.74, 6) is 0.209. The van der Waals surface area contributed by atoms with Crippen molar-refractivity contribution in [1.82, 2.24) is 25.0 Å². The molecule has 1 aliphatic heterocycles. The summed E-state index contributed by atoms with van der Waals surface area (Å²) in [6.07, 6.45) is 3.84. The van der Waals surface area contributed by atoms with Crippen molar-refractivity contribution in [3.8, 4) is 0 Å². The van der Waals surface area contributed by atoms with Gasteiger partial charge in [0.2, 0.25) is 0 Å². The van der Waals surface area contributed by atoms with E-state index in [0.717, 1.165) is 42.1 Å². The van der Waals surface area contributed by atoms with Gasteiger partial charge in [-0.2, -0.15) is 5.10 Å². The number of fused-ring (bicyclic) bond motifs is 1. The summed E-state index contributed by atoms with van der Waals surface area (Å²) in [5, 5.41) is 8.84. The molecule has 1 fully saturated rings. The van der Waals surface area contributed by atoms with Gasteiger partial charge in [-0.3, -0.25) is 4.79 Å². The highest BCUT2D eigenvalue weighted by Gasteiger charge is 2.26. The number of aryl methyl sites for hydroxylation is 1. The maximum absolute atomic E-state index is 13.3. The molecule has 6 heteroatoms. The molecule has 1 N–H and O–H groups in total. The van der Waals surface area contributed by atoms with Gasteiger partial charge in [-0.25, -0.2) is 9.67 Å². The number of carbonyl (C=O) groups excluding carboxylic acids is 1. The molecule has 0 aliphatic carbocycles. The molecule has 3 heterocycles. The minimum atomic E-state index is -0.204. The molecule has 0 saturated carbocycles. The predicted molar refractivity (Wildman–Crippen MR) is 119 cm³/mol. The average molecular weight is 400 g/mol. The van der Waals surface area contributed by atoms with Gasteiger partial charge < -0.3 is 10.2 Å². The van der Waals surface area contributed by atoms with Crippen LogP contribution in [0.3, 0.4) is 0 Å². The van der Waals surface area contributed by atoms with Crippen molar-refractivity contribution < 1.29 is 4.79 Å². The van der Waals surface area contributed by atoms with Gasteiger partial charge in [0, 0.05) is 18.3 Å². The topological polar surface area (TPSA) is 63.1 Å². The quantitative estimate of drug-likeness (QED) is 0.817.